The van der Waals surface area contributed by atoms with Crippen molar-refractivity contribution in [3.63, 3.8) is 0 Å². The Morgan fingerprint density at radius 3 is 2.94 bits per heavy atom. The molecule has 1 rings (SSSR count). The average Bonchev–Trinajstić information content (AvgIpc) is 2.17. The third-order valence-electron chi connectivity index (χ3n) is 2.11. The lowest BCUT2D eigenvalue weighted by atomic mass is 10.1. The minimum atomic E-state index is -0.0739. The molecular formula is C12H17NO3. The number of carbonyl (C=O) groups excluding carboxylic acids is 1. The van der Waals surface area contributed by atoms with Crippen molar-refractivity contribution >= 4 is 11.6 Å². The van der Waals surface area contributed by atoms with Crippen LogP contribution < -0.4 is 5.32 Å². The van der Waals surface area contributed by atoms with E-state index in [9.17, 15) is 9.90 Å². The van der Waals surface area contributed by atoms with Crippen molar-refractivity contribution in [3.05, 3.63) is 24.3 Å². The van der Waals surface area contributed by atoms with Crippen LogP contribution in [0, 0.1) is 5.92 Å². The van der Waals surface area contributed by atoms with Crippen LogP contribution in [0.15, 0.2) is 24.3 Å². The van der Waals surface area contributed by atoms with E-state index in [4.69, 9.17) is 4.74 Å². The summed E-state index contributed by atoms with van der Waals surface area (Å²) >= 11 is 0. The Morgan fingerprint density at radius 2 is 2.31 bits per heavy atom. The third-order valence-corrected chi connectivity index (χ3v) is 2.11. The first kappa shape index (κ1) is 12.5. The van der Waals surface area contributed by atoms with Crippen LogP contribution in [0.3, 0.4) is 0 Å². The molecular weight excluding hydrogens is 206 g/mol. The fourth-order valence-electron chi connectivity index (χ4n) is 1.46. The van der Waals surface area contributed by atoms with Crippen LogP contribution in [0.1, 0.15) is 13.3 Å². The molecule has 0 saturated carbocycles. The van der Waals surface area contributed by atoms with E-state index in [-0.39, 0.29) is 17.6 Å². The number of carbonyl (C=O) groups is 1. The van der Waals surface area contributed by atoms with E-state index in [0.717, 1.165) is 0 Å². The van der Waals surface area contributed by atoms with Gasteiger partial charge in [0.15, 0.2) is 0 Å². The highest BCUT2D eigenvalue weighted by atomic mass is 16.5. The highest BCUT2D eigenvalue weighted by molar-refractivity contribution is 5.90. The quantitative estimate of drug-likeness (QED) is 0.802. The summed E-state index contributed by atoms with van der Waals surface area (Å²) in [7, 11) is 1.61. The van der Waals surface area contributed by atoms with Gasteiger partial charge >= 0.3 is 0 Å². The van der Waals surface area contributed by atoms with Gasteiger partial charge in [-0.3, -0.25) is 4.79 Å². The first-order valence-electron chi connectivity index (χ1n) is 5.19. The molecule has 4 nitrogen and oxygen atoms in total. The lowest BCUT2D eigenvalue weighted by Gasteiger charge is -2.10. The molecule has 0 aromatic heterocycles. The van der Waals surface area contributed by atoms with Gasteiger partial charge in [0, 0.05) is 31.9 Å². The summed E-state index contributed by atoms with van der Waals surface area (Å²) < 4.78 is 4.95. The van der Waals surface area contributed by atoms with Gasteiger partial charge in [-0.2, -0.15) is 0 Å². The second-order valence-electron chi connectivity index (χ2n) is 3.86. The van der Waals surface area contributed by atoms with Crippen LogP contribution in [-0.2, 0) is 9.53 Å². The number of phenols is 1. The normalized spacial score (nSPS) is 12.1. The van der Waals surface area contributed by atoms with Crippen LogP contribution in [-0.4, -0.2) is 24.7 Å². The maximum atomic E-state index is 11.6. The van der Waals surface area contributed by atoms with E-state index < -0.39 is 0 Å². The van der Waals surface area contributed by atoms with E-state index in [1.807, 2.05) is 6.92 Å². The predicted octanol–water partition coefficient (Wildman–Crippen LogP) is 2.00. The lowest BCUT2D eigenvalue weighted by Crippen LogP contribution is -2.17. The van der Waals surface area contributed by atoms with Gasteiger partial charge in [-0.05, 0) is 18.1 Å². The van der Waals surface area contributed by atoms with Crippen LogP contribution >= 0.6 is 0 Å². The first-order chi connectivity index (χ1) is 7.61. The van der Waals surface area contributed by atoms with Gasteiger partial charge in [0.1, 0.15) is 5.75 Å². The van der Waals surface area contributed by atoms with Crippen LogP contribution in [0.5, 0.6) is 5.75 Å². The summed E-state index contributed by atoms with van der Waals surface area (Å²) in [6, 6.07) is 6.49. The molecule has 0 saturated heterocycles. The molecule has 1 aromatic carbocycles. The zero-order valence-corrected chi connectivity index (χ0v) is 9.56. The van der Waals surface area contributed by atoms with Crippen molar-refractivity contribution in [2.75, 3.05) is 19.0 Å². The number of amides is 1. The Labute approximate surface area is 95.2 Å². The Hall–Kier alpha value is -1.55. The molecule has 0 spiro atoms. The third kappa shape index (κ3) is 4.31. The number of aromatic hydroxyl groups is 1. The standard InChI is InChI=1S/C12H17NO3/c1-9(8-16-2)6-12(15)13-10-4-3-5-11(14)7-10/h3-5,7,9,14H,6,8H2,1-2H3,(H,13,15). The van der Waals surface area contributed by atoms with Gasteiger partial charge in [0.25, 0.3) is 0 Å². The second-order valence-corrected chi connectivity index (χ2v) is 3.86. The number of phenolic OH excluding ortho intramolecular Hbond substituents is 1. The Bertz CT molecular complexity index is 352. The summed E-state index contributed by atoms with van der Waals surface area (Å²) in [5.41, 5.74) is 0.606. The number of methoxy groups -OCH3 is 1. The fourth-order valence-corrected chi connectivity index (χ4v) is 1.46. The number of hydrogen-bond acceptors (Lipinski definition) is 3. The summed E-state index contributed by atoms with van der Waals surface area (Å²) in [4.78, 5) is 11.6. The summed E-state index contributed by atoms with van der Waals surface area (Å²) in [5, 5.41) is 11.9. The number of ether oxygens (including phenoxy) is 1. The second kappa shape index (κ2) is 6.12. The van der Waals surface area contributed by atoms with Crippen molar-refractivity contribution in [3.8, 4) is 5.75 Å². The van der Waals surface area contributed by atoms with E-state index in [1.54, 1.807) is 25.3 Å². The maximum Gasteiger partial charge on any atom is 0.224 e. The minimum absolute atomic E-state index is 0.0739. The lowest BCUT2D eigenvalue weighted by molar-refractivity contribution is -0.117. The molecule has 0 bridgehead atoms. The number of rotatable bonds is 5. The molecule has 0 heterocycles. The molecule has 1 amide bonds. The highest BCUT2D eigenvalue weighted by Crippen LogP contribution is 2.16. The molecule has 0 aliphatic rings. The summed E-state index contributed by atoms with van der Waals surface area (Å²) in [6.45, 7) is 2.51. The van der Waals surface area contributed by atoms with Crippen LogP contribution in [0.2, 0.25) is 0 Å². The monoisotopic (exact) mass is 223 g/mol. The SMILES string of the molecule is COCC(C)CC(=O)Nc1cccc(O)c1. The smallest absolute Gasteiger partial charge is 0.224 e. The van der Waals surface area contributed by atoms with Crippen LogP contribution in [0.4, 0.5) is 5.69 Å². The zero-order chi connectivity index (χ0) is 12.0. The summed E-state index contributed by atoms with van der Waals surface area (Å²) in [5.74, 6) is 0.250. The van der Waals surface area contributed by atoms with E-state index in [0.29, 0.717) is 18.7 Å². The number of hydrogen-bond donors (Lipinski definition) is 2. The Kier molecular flexibility index (Phi) is 4.79. The van der Waals surface area contributed by atoms with Gasteiger partial charge in [-0.1, -0.05) is 13.0 Å². The molecule has 88 valence electrons. The van der Waals surface area contributed by atoms with E-state index in [1.165, 1.54) is 6.07 Å². The largest absolute Gasteiger partial charge is 0.508 e. The molecule has 2 N–H and O–H groups in total. The van der Waals surface area contributed by atoms with E-state index >= 15 is 0 Å². The number of nitrogens with one attached hydrogen (secondary N) is 1. The van der Waals surface area contributed by atoms with Gasteiger partial charge in [0.05, 0.1) is 0 Å². The number of benzene rings is 1. The van der Waals surface area contributed by atoms with Gasteiger partial charge in [-0.15, -0.1) is 0 Å². The van der Waals surface area contributed by atoms with Crippen LogP contribution in [0.25, 0.3) is 0 Å². The molecule has 1 unspecified atom stereocenters. The molecule has 0 aliphatic heterocycles. The molecule has 0 fully saturated rings. The highest BCUT2D eigenvalue weighted by Gasteiger charge is 2.09. The van der Waals surface area contributed by atoms with Crippen molar-refractivity contribution in [2.24, 2.45) is 5.92 Å². The minimum Gasteiger partial charge on any atom is -0.508 e. The van der Waals surface area contributed by atoms with Crippen molar-refractivity contribution in [2.45, 2.75) is 13.3 Å². The van der Waals surface area contributed by atoms with E-state index in [2.05, 4.69) is 5.32 Å². The molecule has 1 atom stereocenters. The van der Waals surface area contributed by atoms with Gasteiger partial charge < -0.3 is 15.2 Å². The first-order valence-corrected chi connectivity index (χ1v) is 5.19. The molecule has 16 heavy (non-hydrogen) atoms. The molecule has 0 aliphatic carbocycles. The van der Waals surface area contributed by atoms with Gasteiger partial charge in [-0.25, -0.2) is 0 Å². The summed E-state index contributed by atoms with van der Waals surface area (Å²) in [6.07, 6.45) is 0.406. The predicted molar refractivity (Wildman–Crippen MR) is 62.4 cm³/mol. The molecule has 0 radical (unpaired) electrons. The average molecular weight is 223 g/mol. The molecule has 4 heteroatoms. The van der Waals surface area contributed by atoms with Gasteiger partial charge in [0.2, 0.25) is 5.91 Å². The van der Waals surface area contributed by atoms with Crippen molar-refractivity contribution in [1.29, 1.82) is 0 Å². The zero-order valence-electron chi connectivity index (χ0n) is 9.56. The Morgan fingerprint density at radius 1 is 1.56 bits per heavy atom. The topological polar surface area (TPSA) is 58.6 Å². The van der Waals surface area contributed by atoms with Crippen molar-refractivity contribution < 1.29 is 14.6 Å². The molecule has 1 aromatic rings. The van der Waals surface area contributed by atoms with Crippen molar-refractivity contribution in [1.82, 2.24) is 0 Å². The Balaban J connectivity index is 2.45. The fraction of sp³-hybridized carbons (Fsp3) is 0.417. The number of anilines is 1. The maximum absolute atomic E-state index is 11.6.